The largest absolute Gasteiger partial charge is 0.494 e. The summed E-state index contributed by atoms with van der Waals surface area (Å²) in [5, 5.41) is 0. The molecule has 2 aromatic heterocycles. The zero-order valence-corrected chi connectivity index (χ0v) is 16.4. The summed E-state index contributed by atoms with van der Waals surface area (Å²) in [6.45, 7) is 1.91. The van der Waals surface area contributed by atoms with Crippen molar-refractivity contribution in [1.82, 2.24) is 15.0 Å². The fraction of sp³-hybridized carbons (Fsp3) is 0.0870. The van der Waals surface area contributed by atoms with Gasteiger partial charge in [0, 0.05) is 22.4 Å². The first-order chi connectivity index (χ1) is 14.5. The van der Waals surface area contributed by atoms with Gasteiger partial charge in [-0.3, -0.25) is 9.78 Å². The van der Waals surface area contributed by atoms with Crippen molar-refractivity contribution in [3.05, 3.63) is 77.7 Å². The number of amides is 1. The quantitative estimate of drug-likeness (QED) is 0.519. The smallest absolute Gasteiger partial charge is 0.248 e. The van der Waals surface area contributed by atoms with Gasteiger partial charge in [0.1, 0.15) is 5.82 Å². The maximum absolute atomic E-state index is 13.9. The number of imidazole rings is 1. The van der Waals surface area contributed by atoms with Gasteiger partial charge in [-0.15, -0.1) is 0 Å². The van der Waals surface area contributed by atoms with Gasteiger partial charge in [0.15, 0.2) is 11.6 Å². The first-order valence-electron chi connectivity index (χ1n) is 9.24. The third-order valence-electron chi connectivity index (χ3n) is 4.72. The lowest BCUT2D eigenvalue weighted by molar-refractivity contribution is 0.100. The first kappa shape index (κ1) is 19.3. The Balaban J connectivity index is 1.88. The highest BCUT2D eigenvalue weighted by Crippen LogP contribution is 2.34. The summed E-state index contributed by atoms with van der Waals surface area (Å²) in [7, 11) is 1.42. The number of aryl methyl sites for hydroxylation is 1. The van der Waals surface area contributed by atoms with Crippen LogP contribution >= 0.6 is 0 Å². The number of hydrogen-bond acceptors (Lipinski definition) is 4. The summed E-state index contributed by atoms with van der Waals surface area (Å²) in [5.41, 5.74) is 10.1. The second kappa shape index (κ2) is 7.79. The second-order valence-electron chi connectivity index (χ2n) is 6.76. The van der Waals surface area contributed by atoms with Crippen molar-refractivity contribution in [2.75, 3.05) is 7.11 Å². The Hall–Kier alpha value is -4.00. The average Bonchev–Trinajstić information content (AvgIpc) is 3.19. The van der Waals surface area contributed by atoms with Crippen LogP contribution in [0, 0.1) is 12.7 Å². The van der Waals surface area contributed by atoms with Crippen LogP contribution in [-0.4, -0.2) is 28.0 Å². The number of aromatic nitrogens is 3. The van der Waals surface area contributed by atoms with E-state index in [-0.39, 0.29) is 5.75 Å². The highest BCUT2D eigenvalue weighted by atomic mass is 19.1. The van der Waals surface area contributed by atoms with Gasteiger partial charge in [0.05, 0.1) is 24.2 Å². The lowest BCUT2D eigenvalue weighted by atomic mass is 10.1. The minimum absolute atomic E-state index is 0.131. The molecule has 0 spiro atoms. The number of ether oxygens (including phenoxy) is 1. The molecule has 150 valence electrons. The summed E-state index contributed by atoms with van der Waals surface area (Å²) in [5.74, 6) is -0.229. The van der Waals surface area contributed by atoms with E-state index in [1.807, 2.05) is 25.1 Å². The standard InChI is InChI=1S/C23H19FN4O2/c1-13-4-3-5-18(26-13)21-20(16-10-11-17(24)19(12-16)30-2)27-23(28-21)15-8-6-14(7-9-15)22(25)29/h3-12H,1-2H3,(H2,25,29)(H,27,28). The molecular weight excluding hydrogens is 383 g/mol. The van der Waals surface area contributed by atoms with Crippen LogP contribution in [0.15, 0.2) is 60.7 Å². The number of pyridine rings is 1. The number of benzene rings is 2. The van der Waals surface area contributed by atoms with Crippen LogP contribution in [0.1, 0.15) is 16.1 Å². The Bertz CT molecular complexity index is 1230. The lowest BCUT2D eigenvalue weighted by Gasteiger charge is -2.06. The Morgan fingerprint density at radius 1 is 1.03 bits per heavy atom. The van der Waals surface area contributed by atoms with Gasteiger partial charge in [-0.1, -0.05) is 18.2 Å². The van der Waals surface area contributed by atoms with Gasteiger partial charge in [-0.25, -0.2) is 9.37 Å². The molecule has 4 aromatic rings. The van der Waals surface area contributed by atoms with Crippen LogP contribution in [0.2, 0.25) is 0 Å². The van der Waals surface area contributed by atoms with Crippen LogP contribution in [-0.2, 0) is 0 Å². The molecule has 0 saturated heterocycles. The molecule has 0 fully saturated rings. The Morgan fingerprint density at radius 3 is 2.43 bits per heavy atom. The Labute approximate surface area is 172 Å². The maximum atomic E-state index is 13.9. The molecule has 2 aromatic carbocycles. The fourth-order valence-corrected chi connectivity index (χ4v) is 3.19. The number of nitrogens with zero attached hydrogens (tertiary/aromatic N) is 2. The molecular formula is C23H19FN4O2. The normalized spacial score (nSPS) is 10.8. The van der Waals surface area contributed by atoms with Crippen molar-refractivity contribution in [2.24, 2.45) is 5.73 Å². The predicted molar refractivity (Wildman–Crippen MR) is 112 cm³/mol. The summed E-state index contributed by atoms with van der Waals surface area (Å²) < 4.78 is 19.1. The predicted octanol–water partition coefficient (Wildman–Crippen LogP) is 4.36. The number of hydrogen-bond donors (Lipinski definition) is 2. The Kier molecular flexibility index (Phi) is 5.02. The molecule has 0 atom stereocenters. The van der Waals surface area contributed by atoms with E-state index >= 15 is 0 Å². The van der Waals surface area contributed by atoms with Crippen molar-refractivity contribution >= 4 is 5.91 Å². The molecule has 6 nitrogen and oxygen atoms in total. The topological polar surface area (TPSA) is 93.9 Å². The highest BCUT2D eigenvalue weighted by molar-refractivity contribution is 5.93. The number of nitrogens with one attached hydrogen (secondary N) is 1. The zero-order chi connectivity index (χ0) is 21.3. The van der Waals surface area contributed by atoms with E-state index in [4.69, 9.17) is 15.5 Å². The van der Waals surface area contributed by atoms with E-state index in [9.17, 15) is 9.18 Å². The van der Waals surface area contributed by atoms with E-state index in [0.29, 0.717) is 34.0 Å². The molecule has 2 heterocycles. The van der Waals surface area contributed by atoms with Crippen molar-refractivity contribution in [1.29, 1.82) is 0 Å². The molecule has 0 saturated carbocycles. The number of primary amides is 1. The fourth-order valence-electron chi connectivity index (χ4n) is 3.19. The van der Waals surface area contributed by atoms with E-state index in [1.165, 1.54) is 13.2 Å². The second-order valence-corrected chi connectivity index (χ2v) is 6.76. The van der Waals surface area contributed by atoms with Crippen molar-refractivity contribution in [3.63, 3.8) is 0 Å². The molecule has 1 amide bonds. The average molecular weight is 402 g/mol. The van der Waals surface area contributed by atoms with Gasteiger partial charge >= 0.3 is 0 Å². The first-order valence-corrected chi connectivity index (χ1v) is 9.24. The summed E-state index contributed by atoms with van der Waals surface area (Å²) in [6.07, 6.45) is 0. The van der Waals surface area contributed by atoms with Gasteiger partial charge in [0.2, 0.25) is 5.91 Å². The molecule has 0 aliphatic rings. The SMILES string of the molecule is COc1cc(-c2nc(-c3ccc(C(N)=O)cc3)[nH]c2-c2cccc(C)n2)ccc1F. The Morgan fingerprint density at radius 2 is 1.77 bits per heavy atom. The molecule has 30 heavy (non-hydrogen) atoms. The van der Waals surface area contributed by atoms with Crippen LogP contribution in [0.3, 0.4) is 0 Å². The monoisotopic (exact) mass is 402 g/mol. The third kappa shape index (κ3) is 3.65. The molecule has 0 bridgehead atoms. The van der Waals surface area contributed by atoms with Crippen LogP contribution < -0.4 is 10.5 Å². The van der Waals surface area contributed by atoms with Gasteiger partial charge in [-0.2, -0.15) is 0 Å². The molecule has 0 aliphatic carbocycles. The minimum atomic E-state index is -0.496. The van der Waals surface area contributed by atoms with Gasteiger partial charge < -0.3 is 15.5 Å². The van der Waals surface area contributed by atoms with Crippen molar-refractivity contribution < 1.29 is 13.9 Å². The number of carbonyl (C=O) groups is 1. The summed E-state index contributed by atoms with van der Waals surface area (Å²) >= 11 is 0. The number of nitrogens with two attached hydrogens (primary N) is 1. The number of H-pyrrole nitrogens is 1. The van der Waals surface area contributed by atoms with E-state index in [0.717, 1.165) is 11.3 Å². The van der Waals surface area contributed by atoms with Crippen LogP contribution in [0.4, 0.5) is 4.39 Å². The summed E-state index contributed by atoms with van der Waals surface area (Å²) in [4.78, 5) is 24.0. The number of carbonyl (C=O) groups excluding carboxylic acids is 1. The van der Waals surface area contributed by atoms with Crippen LogP contribution in [0.5, 0.6) is 5.75 Å². The summed E-state index contributed by atoms with van der Waals surface area (Å²) in [6, 6.07) is 17.1. The molecule has 0 unspecified atom stereocenters. The van der Waals surface area contributed by atoms with Crippen molar-refractivity contribution in [3.8, 4) is 39.8 Å². The van der Waals surface area contributed by atoms with E-state index in [2.05, 4.69) is 9.97 Å². The number of rotatable bonds is 5. The van der Waals surface area contributed by atoms with E-state index in [1.54, 1.807) is 36.4 Å². The molecule has 4 rings (SSSR count). The number of methoxy groups -OCH3 is 1. The molecule has 3 N–H and O–H groups in total. The number of aromatic amines is 1. The van der Waals surface area contributed by atoms with Gasteiger partial charge in [0.25, 0.3) is 0 Å². The molecule has 0 radical (unpaired) electrons. The lowest BCUT2D eigenvalue weighted by Crippen LogP contribution is -2.10. The highest BCUT2D eigenvalue weighted by Gasteiger charge is 2.18. The van der Waals surface area contributed by atoms with E-state index < -0.39 is 11.7 Å². The van der Waals surface area contributed by atoms with Crippen molar-refractivity contribution in [2.45, 2.75) is 6.92 Å². The molecule has 7 heteroatoms. The number of halogens is 1. The minimum Gasteiger partial charge on any atom is -0.494 e. The van der Waals surface area contributed by atoms with Crippen LogP contribution in [0.25, 0.3) is 34.0 Å². The van der Waals surface area contributed by atoms with Gasteiger partial charge in [-0.05, 0) is 49.4 Å². The maximum Gasteiger partial charge on any atom is 0.248 e. The zero-order valence-electron chi connectivity index (χ0n) is 16.4. The third-order valence-corrected chi connectivity index (χ3v) is 4.72. The molecule has 0 aliphatic heterocycles.